The molecule has 0 aromatic heterocycles. The molecule has 2 aromatic rings. The monoisotopic (exact) mass is 821 g/mol. The summed E-state index contributed by atoms with van der Waals surface area (Å²) in [6.07, 6.45) is 9.82. The first-order valence-corrected chi connectivity index (χ1v) is 23.5. The number of fused-ring (bicyclic) bond motifs is 4. The third-order valence-corrected chi connectivity index (χ3v) is 18.9. The van der Waals surface area contributed by atoms with Gasteiger partial charge in [0.15, 0.2) is 5.78 Å². The van der Waals surface area contributed by atoms with Crippen molar-refractivity contribution in [3.05, 3.63) is 70.8 Å². The minimum atomic E-state index is -0.853. The lowest BCUT2D eigenvalue weighted by atomic mass is 9.34. The van der Waals surface area contributed by atoms with Crippen LogP contribution in [0, 0.1) is 45.3 Å². The topological polar surface area (TPSA) is 145 Å². The smallest absolute Gasteiger partial charge is 0.159 e. The summed E-state index contributed by atoms with van der Waals surface area (Å²) in [4.78, 5) is 29.8. The number of carbonyl (C=O) groups excluding carboxylic acids is 2. The molecule has 9 rings (SSSR count). The van der Waals surface area contributed by atoms with Crippen LogP contribution in [0.2, 0.25) is 0 Å². The molecule has 5 aliphatic carbocycles. The van der Waals surface area contributed by atoms with Gasteiger partial charge in [-0.25, -0.2) is 0 Å². The summed E-state index contributed by atoms with van der Waals surface area (Å²) < 4.78 is 6.50. The minimum absolute atomic E-state index is 0.0223. The van der Waals surface area contributed by atoms with Crippen LogP contribution in [-0.4, -0.2) is 62.9 Å². The Kier molecular flexibility index (Phi) is 10.2. The Morgan fingerprint density at radius 1 is 0.917 bits per heavy atom. The molecular weight excluding hydrogens is 749 g/mol. The number of allylic oxidation sites excluding steroid dienone is 2. The maximum absolute atomic E-state index is 15.1. The molecule has 0 spiro atoms. The van der Waals surface area contributed by atoms with Crippen LogP contribution in [0.3, 0.4) is 0 Å². The Morgan fingerprint density at radius 3 is 2.40 bits per heavy atom. The van der Waals surface area contributed by atoms with Crippen molar-refractivity contribution in [2.75, 3.05) is 12.3 Å². The largest absolute Gasteiger partial charge is 0.508 e. The first-order chi connectivity index (χ1) is 28.3. The molecule has 60 heavy (non-hydrogen) atoms. The van der Waals surface area contributed by atoms with Gasteiger partial charge in [0.1, 0.15) is 17.6 Å². The molecule has 0 unspecified atom stereocenters. The molecule has 0 amide bonds. The quantitative estimate of drug-likeness (QED) is 0.137. The third-order valence-electron chi connectivity index (χ3n) is 18.9. The molecule has 6 N–H and O–H groups in total. The molecule has 0 bridgehead atoms. The number of rotatable bonds is 7. The zero-order valence-corrected chi connectivity index (χ0v) is 37.4. The van der Waals surface area contributed by atoms with Crippen molar-refractivity contribution in [2.24, 2.45) is 45.3 Å². The number of nitrogens with two attached hydrogens (primary N) is 1. The Bertz CT molecular complexity index is 2080. The fourth-order valence-corrected chi connectivity index (χ4v) is 16.1. The number of phenolic OH excluding ortho intramolecular Hbond substituents is 1. The second-order valence-corrected chi connectivity index (χ2v) is 22.6. The molecule has 2 aliphatic heterocycles. The molecule has 7 aliphatic rings. The number of aromatic hydroxyl groups is 1. The number of ether oxygens (including phenoxy) is 1. The van der Waals surface area contributed by atoms with Crippen LogP contribution in [0.4, 0.5) is 5.69 Å². The van der Waals surface area contributed by atoms with Gasteiger partial charge in [0.25, 0.3) is 0 Å². The van der Waals surface area contributed by atoms with Crippen LogP contribution >= 0.6 is 0 Å². The average molecular weight is 821 g/mol. The molecular formula is C52H72N2O6. The second kappa shape index (κ2) is 14.5. The van der Waals surface area contributed by atoms with E-state index in [0.29, 0.717) is 44.1 Å². The first-order valence-electron chi connectivity index (χ1n) is 23.5. The van der Waals surface area contributed by atoms with E-state index in [1.54, 1.807) is 12.1 Å². The summed E-state index contributed by atoms with van der Waals surface area (Å²) in [5.41, 5.74) is 8.61. The summed E-state index contributed by atoms with van der Waals surface area (Å²) in [6, 6.07) is 15.6. The standard InChI is InChI=1S/C52H72N2O6/c1-30(23-40(56)46-52(7,60-46)37-18-12-17-35(37)31-13-10-15-33(53)24-31)43-38-19-20-42-49(4)26-36(32-14-11-16-34(55)25-32)45(58)48(3)22-9-8-21-47(2,59)29-54-39(44(48)49)27-51(42,6)50(38,5)28-41(43)57/h10-11,13-16,24-25,30,35-37,39-40,42,44,46,54-56,59H,8-9,12,17-23,26-29,53H2,1-7H3/t30-,35+,36+,37+,39+,40-,42-,44+,46-,47-,48-,49+,50+,51+,52-/m1/s1. The molecule has 8 heteroatoms. The number of β-amino-alcohol motifs (C(OH)–C–C–N with tert-alkyl or cyclic N) is 1. The average Bonchev–Trinajstić information content (AvgIpc) is 3.48. The lowest BCUT2D eigenvalue weighted by molar-refractivity contribution is -0.198. The number of benzene rings is 2. The third kappa shape index (κ3) is 6.41. The molecule has 2 saturated heterocycles. The lowest BCUT2D eigenvalue weighted by Crippen LogP contribution is -2.70. The SMILES string of the molecule is C[C@H](C[C@@H](O)[C@H]1O[C@]1(C)[C@H]1CCC[C@H]1c1cccc(N)c1)C1=C2CC[C@@H]3[C@]4(C)C[C@@H](c5cccc(O)c5)C(=O)[C@]5(C)CCCC[C@@](C)(O)CN[C@@H](C[C@]3(C)[C@@]2(C)CC1=O)[C@H]45. The van der Waals surface area contributed by atoms with Crippen molar-refractivity contribution in [3.63, 3.8) is 0 Å². The lowest BCUT2D eigenvalue weighted by Gasteiger charge is -2.71. The van der Waals surface area contributed by atoms with Crippen LogP contribution in [0.1, 0.15) is 155 Å². The van der Waals surface area contributed by atoms with E-state index in [1.807, 2.05) is 31.2 Å². The number of phenols is 1. The van der Waals surface area contributed by atoms with Crippen molar-refractivity contribution in [2.45, 2.75) is 173 Å². The van der Waals surface area contributed by atoms with E-state index < -0.39 is 22.7 Å². The number of hydrogen-bond acceptors (Lipinski definition) is 8. The summed E-state index contributed by atoms with van der Waals surface area (Å²) in [7, 11) is 0. The van der Waals surface area contributed by atoms with Crippen LogP contribution in [0.25, 0.3) is 0 Å². The number of anilines is 1. The molecule has 6 fully saturated rings. The zero-order valence-electron chi connectivity index (χ0n) is 37.4. The molecule has 2 heterocycles. The number of aliphatic hydroxyl groups is 2. The number of nitrogen functional groups attached to an aromatic ring is 1. The van der Waals surface area contributed by atoms with Crippen LogP contribution in [0.15, 0.2) is 59.7 Å². The molecule has 0 radical (unpaired) electrons. The van der Waals surface area contributed by atoms with Gasteiger partial charge in [0.05, 0.1) is 17.3 Å². The van der Waals surface area contributed by atoms with Crippen molar-refractivity contribution in [3.8, 4) is 5.75 Å². The van der Waals surface area contributed by atoms with E-state index in [2.05, 4.69) is 59.0 Å². The Hall–Kier alpha value is -3.04. The highest BCUT2D eigenvalue weighted by Crippen LogP contribution is 2.75. The highest BCUT2D eigenvalue weighted by Gasteiger charge is 2.72. The first kappa shape index (κ1) is 42.3. The number of carbonyl (C=O) groups is 2. The molecule has 4 saturated carbocycles. The number of aliphatic hydroxyl groups excluding tert-OH is 1. The van der Waals surface area contributed by atoms with Crippen molar-refractivity contribution < 1.29 is 29.6 Å². The van der Waals surface area contributed by atoms with Crippen LogP contribution < -0.4 is 11.1 Å². The second-order valence-electron chi connectivity index (χ2n) is 22.6. The predicted octanol–water partition coefficient (Wildman–Crippen LogP) is 9.17. The van der Waals surface area contributed by atoms with E-state index in [1.165, 1.54) is 11.1 Å². The Morgan fingerprint density at radius 2 is 1.65 bits per heavy atom. The van der Waals surface area contributed by atoms with Crippen molar-refractivity contribution in [1.29, 1.82) is 0 Å². The summed E-state index contributed by atoms with van der Waals surface area (Å²) in [5, 5.41) is 38.1. The normalized spacial score (nSPS) is 45.0. The number of Topliss-reactive ketones (excluding diaryl/α,β-unsaturated/α-hetero) is 2. The fraction of sp³-hybridized carbons (Fsp3) is 0.692. The van der Waals surface area contributed by atoms with Gasteiger partial charge in [-0.1, -0.05) is 83.7 Å². The predicted molar refractivity (Wildman–Crippen MR) is 235 cm³/mol. The number of nitrogens with one attached hydrogen (secondary N) is 1. The minimum Gasteiger partial charge on any atom is -0.508 e. The summed E-state index contributed by atoms with van der Waals surface area (Å²) in [6.45, 7) is 16.2. The zero-order chi connectivity index (χ0) is 42.8. The van der Waals surface area contributed by atoms with E-state index >= 15 is 4.79 Å². The highest BCUT2D eigenvalue weighted by molar-refractivity contribution is 6.00. The van der Waals surface area contributed by atoms with Crippen molar-refractivity contribution in [1.82, 2.24) is 5.32 Å². The van der Waals surface area contributed by atoms with E-state index in [4.69, 9.17) is 10.5 Å². The maximum atomic E-state index is 15.1. The van der Waals surface area contributed by atoms with Gasteiger partial charge in [-0.3, -0.25) is 9.59 Å². The van der Waals surface area contributed by atoms with Crippen LogP contribution in [-0.2, 0) is 14.3 Å². The van der Waals surface area contributed by atoms with Gasteiger partial charge >= 0.3 is 0 Å². The van der Waals surface area contributed by atoms with Gasteiger partial charge in [0.2, 0.25) is 0 Å². The summed E-state index contributed by atoms with van der Waals surface area (Å²) in [5.74, 6) is 1.24. The van der Waals surface area contributed by atoms with E-state index in [-0.39, 0.29) is 69.4 Å². The van der Waals surface area contributed by atoms with Gasteiger partial charge < -0.3 is 31.1 Å². The van der Waals surface area contributed by atoms with Gasteiger partial charge in [-0.15, -0.1) is 0 Å². The molecule has 8 nitrogen and oxygen atoms in total. The van der Waals surface area contributed by atoms with E-state index in [0.717, 1.165) is 74.6 Å². The molecule has 15 atom stereocenters. The fourth-order valence-electron chi connectivity index (χ4n) is 16.1. The van der Waals surface area contributed by atoms with Crippen LogP contribution in [0.5, 0.6) is 5.75 Å². The highest BCUT2D eigenvalue weighted by atomic mass is 16.6. The summed E-state index contributed by atoms with van der Waals surface area (Å²) >= 11 is 0. The van der Waals surface area contributed by atoms with Gasteiger partial charge in [-0.2, -0.15) is 0 Å². The number of epoxide rings is 1. The number of hydrogen-bond donors (Lipinski definition) is 5. The maximum Gasteiger partial charge on any atom is 0.159 e. The van der Waals surface area contributed by atoms with Gasteiger partial charge in [0, 0.05) is 41.4 Å². The van der Waals surface area contributed by atoms with Gasteiger partial charge in [-0.05, 0) is 153 Å². The number of ketones is 2. The van der Waals surface area contributed by atoms with E-state index in [9.17, 15) is 20.1 Å². The van der Waals surface area contributed by atoms with Crippen molar-refractivity contribution >= 4 is 17.3 Å². The molecule has 326 valence electrons. The Labute approximate surface area is 358 Å². The molecule has 2 aromatic carbocycles. The Balaban J connectivity index is 1.03.